The van der Waals surface area contributed by atoms with Crippen molar-refractivity contribution in [1.82, 2.24) is 0 Å². The Morgan fingerprint density at radius 3 is 1.58 bits per heavy atom. The van der Waals surface area contributed by atoms with Crippen LogP contribution >= 0.6 is 0 Å². The number of halogens is 9. The van der Waals surface area contributed by atoms with Gasteiger partial charge in [-0.25, -0.2) is 9.59 Å². The van der Waals surface area contributed by atoms with Crippen LogP contribution in [-0.2, 0) is 57.1 Å². The highest BCUT2D eigenvalue weighted by Gasteiger charge is 2.79. The zero-order chi connectivity index (χ0) is 57.1. The van der Waals surface area contributed by atoms with Crippen LogP contribution in [0.5, 0.6) is 0 Å². The molecule has 15 nitrogen and oxygen atoms in total. The highest BCUT2D eigenvalue weighted by Crippen LogP contribution is 2.64. The Labute approximate surface area is 424 Å². The van der Waals surface area contributed by atoms with Gasteiger partial charge in [-0.15, -0.1) is 0 Å². The molecular formula is C50H71F9O15. The quantitative estimate of drug-likeness (QED) is 0.0701. The van der Waals surface area contributed by atoms with Gasteiger partial charge in [0.25, 0.3) is 0 Å². The molecule has 2 bridgehead atoms. The average Bonchev–Trinajstić information content (AvgIpc) is 3.85. The molecule has 0 aromatic heterocycles. The number of cyclic esters (lactones) is 2. The summed E-state index contributed by atoms with van der Waals surface area (Å²) < 4.78 is 174. The summed E-state index contributed by atoms with van der Waals surface area (Å²) in [6, 6.07) is 0. The van der Waals surface area contributed by atoms with Crippen molar-refractivity contribution < 1.29 is 111 Å². The minimum Gasteiger partial charge on any atom is -0.481 e. The Morgan fingerprint density at radius 2 is 1.12 bits per heavy atom. The summed E-state index contributed by atoms with van der Waals surface area (Å²) in [5.41, 5.74) is -16.9. The van der Waals surface area contributed by atoms with Crippen LogP contribution in [0.4, 0.5) is 49.1 Å². The Hall–Kier alpha value is -4.54. The molecule has 12 atom stereocenters. The van der Waals surface area contributed by atoms with Gasteiger partial charge in [-0.1, -0.05) is 20.8 Å². The molecule has 3 saturated carbocycles. The van der Waals surface area contributed by atoms with Gasteiger partial charge in [0.2, 0.25) is 5.60 Å². The lowest BCUT2D eigenvalue weighted by molar-refractivity contribution is -0.392. The Morgan fingerprint density at radius 1 is 0.622 bits per heavy atom. The van der Waals surface area contributed by atoms with E-state index in [0.717, 1.165) is 27.7 Å². The molecule has 12 unspecified atom stereocenters. The lowest BCUT2D eigenvalue weighted by Gasteiger charge is -2.49. The molecule has 1 N–H and O–H groups in total. The van der Waals surface area contributed by atoms with E-state index in [2.05, 4.69) is 9.47 Å². The molecule has 1 saturated heterocycles. The monoisotopic (exact) mass is 1080 g/mol. The summed E-state index contributed by atoms with van der Waals surface area (Å²) in [6.07, 6.45) is -30.5. The zero-order valence-corrected chi connectivity index (χ0v) is 44.2. The number of carboxylic acid groups (broad SMARTS) is 1. The molecular weight excluding hydrogens is 1010 g/mol. The second-order valence-electron chi connectivity index (χ2n) is 24.7. The van der Waals surface area contributed by atoms with Crippen molar-refractivity contribution in [3.05, 3.63) is 0 Å². The zero-order valence-electron chi connectivity index (χ0n) is 44.2. The number of ether oxygens (including phenoxy) is 7. The number of aliphatic carboxylic acids is 1. The predicted molar refractivity (Wildman–Crippen MR) is 239 cm³/mol. The smallest absolute Gasteiger partial charge is 0.481 e. The maximum atomic E-state index is 15.4. The fraction of sp³-hybridized carbons (Fsp3) is 0.860. The third-order valence-corrected chi connectivity index (χ3v) is 15.2. The van der Waals surface area contributed by atoms with Crippen LogP contribution < -0.4 is 0 Å². The molecule has 4 fully saturated rings. The average molecular weight is 1080 g/mol. The van der Waals surface area contributed by atoms with Crippen molar-refractivity contribution in [2.24, 2.45) is 64.1 Å². The lowest BCUT2D eigenvalue weighted by atomic mass is 9.58. The van der Waals surface area contributed by atoms with E-state index >= 15 is 39.5 Å². The second kappa shape index (κ2) is 20.8. The van der Waals surface area contributed by atoms with Gasteiger partial charge in [0, 0.05) is 18.3 Å². The van der Waals surface area contributed by atoms with Crippen molar-refractivity contribution in [3.63, 3.8) is 0 Å². The van der Waals surface area contributed by atoms with E-state index in [1.165, 1.54) is 27.7 Å². The third kappa shape index (κ3) is 13.3. The van der Waals surface area contributed by atoms with Crippen molar-refractivity contribution in [2.75, 3.05) is 0 Å². The van der Waals surface area contributed by atoms with E-state index in [4.69, 9.17) is 23.7 Å². The minimum atomic E-state index is -6.66. The van der Waals surface area contributed by atoms with Gasteiger partial charge < -0.3 is 38.3 Å². The first-order valence-electron chi connectivity index (χ1n) is 24.6. The highest BCUT2D eigenvalue weighted by molar-refractivity contribution is 6.00. The van der Waals surface area contributed by atoms with E-state index in [1.54, 1.807) is 34.6 Å². The summed E-state index contributed by atoms with van der Waals surface area (Å²) in [7, 11) is 0. The molecule has 1 aliphatic heterocycles. The van der Waals surface area contributed by atoms with Gasteiger partial charge in [0.1, 0.15) is 22.9 Å². The van der Waals surface area contributed by atoms with Crippen LogP contribution in [0.1, 0.15) is 155 Å². The molecule has 424 valence electrons. The van der Waals surface area contributed by atoms with Crippen LogP contribution in [-0.4, -0.2) is 99.9 Å². The Balaban J connectivity index is 1.88. The fourth-order valence-electron chi connectivity index (χ4n) is 11.7. The first kappa shape index (κ1) is 62.0. The summed E-state index contributed by atoms with van der Waals surface area (Å²) in [5.74, 6) is -17.9. The SMILES string of the molecule is CCC(C)(C(=O)OC1CC(C(C)(OC(=O)OC(C)(C)C)C(F)(F)F)CC(C(OC(=O)OC(C)(C)C)(C(F)(F)F)C(F)(F)F)C1)C1C(=O)OC(=O)C1C1C2CC(C(=O)OC(C)(C)C)C(C2)C1CC(C)(C)CCC(=O)O. The van der Waals surface area contributed by atoms with Gasteiger partial charge in [-0.2, -0.15) is 39.5 Å². The van der Waals surface area contributed by atoms with Crippen LogP contribution in [0.3, 0.4) is 0 Å². The molecule has 0 spiro atoms. The number of rotatable bonds is 15. The largest absolute Gasteiger partial charge is 0.510 e. The number of hydrogen-bond donors (Lipinski definition) is 1. The lowest BCUT2D eigenvalue weighted by Crippen LogP contribution is -2.67. The van der Waals surface area contributed by atoms with E-state index in [9.17, 15) is 38.7 Å². The Bertz CT molecular complexity index is 2120. The minimum absolute atomic E-state index is 0.142. The molecule has 0 amide bonds. The summed E-state index contributed by atoms with van der Waals surface area (Å²) in [5, 5.41) is 9.53. The molecule has 1 heterocycles. The molecule has 0 aromatic rings. The van der Waals surface area contributed by atoms with Crippen LogP contribution in [0.15, 0.2) is 0 Å². The number of carbonyl (C=O) groups excluding carboxylic acids is 6. The van der Waals surface area contributed by atoms with Gasteiger partial charge in [-0.3, -0.25) is 24.0 Å². The maximum absolute atomic E-state index is 15.4. The summed E-state index contributed by atoms with van der Waals surface area (Å²) in [6.45, 7) is 18.1. The molecule has 4 rings (SSSR count). The van der Waals surface area contributed by atoms with Gasteiger partial charge in [-0.05, 0) is 157 Å². The molecule has 0 radical (unpaired) electrons. The first-order valence-corrected chi connectivity index (χ1v) is 24.6. The Kier molecular flexibility index (Phi) is 17.4. The van der Waals surface area contributed by atoms with Crippen molar-refractivity contribution >= 4 is 42.2 Å². The van der Waals surface area contributed by atoms with Crippen molar-refractivity contribution in [2.45, 2.75) is 207 Å². The van der Waals surface area contributed by atoms with Crippen LogP contribution in [0.2, 0.25) is 0 Å². The highest BCUT2D eigenvalue weighted by atomic mass is 19.4. The molecule has 24 heteroatoms. The molecule has 3 aliphatic carbocycles. The van der Waals surface area contributed by atoms with E-state index < -0.39 is 185 Å². The maximum Gasteiger partial charge on any atom is 0.510 e. The molecule has 4 aliphatic rings. The normalized spacial score (nSPS) is 28.9. The van der Waals surface area contributed by atoms with E-state index in [-0.39, 0.29) is 32.6 Å². The van der Waals surface area contributed by atoms with Crippen LogP contribution in [0.25, 0.3) is 0 Å². The second-order valence-corrected chi connectivity index (χ2v) is 24.7. The van der Waals surface area contributed by atoms with E-state index in [1.807, 2.05) is 0 Å². The standard InChI is InChI=1S/C50H71F9O15/c1-15-45(13,34-33(36(63)69-37(34)64)32-24-18-28(29(19-24)35(62)70-41(2,3)4)30(32)23-44(11,12)17-16-31(60)61)38(65)68-27-21-25(46(14,48(51,52)53)73-39(66)71-42(5,6)7)20-26(22-27)47(49(54,55)56,50(57,58)59)74-40(67)72-43(8,9)10/h24-30,32-34H,15-23H2,1-14H3,(H,60,61). The number of carbonyl (C=O) groups is 7. The number of hydrogen-bond acceptors (Lipinski definition) is 14. The van der Waals surface area contributed by atoms with Crippen LogP contribution in [0, 0.1) is 64.1 Å². The van der Waals surface area contributed by atoms with E-state index in [0.29, 0.717) is 6.42 Å². The topological polar surface area (TPSA) is 204 Å². The van der Waals surface area contributed by atoms with Gasteiger partial charge in [0.05, 0.1) is 23.2 Å². The van der Waals surface area contributed by atoms with Gasteiger partial charge in [0.15, 0.2) is 0 Å². The summed E-state index contributed by atoms with van der Waals surface area (Å²) in [4.78, 5) is 94.2. The number of fused-ring (bicyclic) bond motifs is 2. The summed E-state index contributed by atoms with van der Waals surface area (Å²) >= 11 is 0. The van der Waals surface area contributed by atoms with Crippen molar-refractivity contribution in [3.8, 4) is 0 Å². The number of esters is 4. The molecule has 0 aromatic carbocycles. The number of carboxylic acids is 1. The first-order chi connectivity index (χ1) is 33.1. The number of alkyl halides is 9. The fourth-order valence-corrected chi connectivity index (χ4v) is 11.7. The van der Waals surface area contributed by atoms with Crippen molar-refractivity contribution in [1.29, 1.82) is 0 Å². The predicted octanol–water partition coefficient (Wildman–Crippen LogP) is 11.6. The molecule has 74 heavy (non-hydrogen) atoms. The van der Waals surface area contributed by atoms with Gasteiger partial charge >= 0.3 is 66.3 Å². The third-order valence-electron chi connectivity index (χ3n) is 15.2.